The number of rotatable bonds is 10. The minimum Gasteiger partial charge on any atom is -0.491 e. The Labute approximate surface area is 193 Å². The molecule has 0 saturated heterocycles. The molecule has 0 fully saturated rings. The number of hydrogen-bond acceptors (Lipinski definition) is 5. The number of amides is 1. The number of thiocarbonyl (C=S) groups is 1. The van der Waals surface area contributed by atoms with Crippen molar-refractivity contribution >= 4 is 28.9 Å². The smallest absolute Gasteiger partial charge is 0.257 e. The monoisotopic (exact) mass is 450 g/mol. The lowest BCUT2D eigenvalue weighted by Gasteiger charge is -2.14. The first-order valence-corrected chi connectivity index (χ1v) is 10.7. The molecule has 3 aromatic rings. The van der Waals surface area contributed by atoms with Crippen LogP contribution >= 0.6 is 12.2 Å². The van der Waals surface area contributed by atoms with Crippen molar-refractivity contribution < 1.29 is 19.0 Å². The number of para-hydroxylation sites is 2. The van der Waals surface area contributed by atoms with Gasteiger partial charge in [0.05, 0.1) is 12.3 Å². The summed E-state index contributed by atoms with van der Waals surface area (Å²) in [7, 11) is 0. The average Bonchev–Trinajstić information content (AvgIpc) is 2.82. The molecule has 3 aromatic carbocycles. The Hall–Kier alpha value is -3.42. The maximum absolute atomic E-state index is 12.6. The van der Waals surface area contributed by atoms with Gasteiger partial charge in [-0.15, -0.1) is 0 Å². The molecule has 166 valence electrons. The van der Waals surface area contributed by atoms with Crippen molar-refractivity contribution in [3.05, 3.63) is 90.0 Å². The first kappa shape index (κ1) is 23.2. The van der Waals surface area contributed by atoms with E-state index in [0.717, 1.165) is 5.56 Å². The Morgan fingerprint density at radius 2 is 1.69 bits per heavy atom. The van der Waals surface area contributed by atoms with Crippen LogP contribution in [0.4, 0.5) is 5.69 Å². The number of ether oxygens (including phenoxy) is 3. The van der Waals surface area contributed by atoms with Crippen LogP contribution in [0.2, 0.25) is 0 Å². The molecule has 3 rings (SSSR count). The molecule has 0 aliphatic heterocycles. The van der Waals surface area contributed by atoms with Crippen molar-refractivity contribution in [1.82, 2.24) is 5.32 Å². The zero-order valence-electron chi connectivity index (χ0n) is 17.9. The molecule has 0 radical (unpaired) electrons. The Morgan fingerprint density at radius 1 is 0.906 bits per heavy atom. The maximum atomic E-state index is 12.6. The van der Waals surface area contributed by atoms with E-state index in [4.69, 9.17) is 26.4 Å². The number of benzene rings is 3. The van der Waals surface area contributed by atoms with E-state index in [1.54, 1.807) is 24.3 Å². The van der Waals surface area contributed by atoms with E-state index in [1.165, 1.54) is 0 Å². The summed E-state index contributed by atoms with van der Waals surface area (Å²) in [5.74, 6) is 0.897. The molecule has 0 aromatic heterocycles. The highest BCUT2D eigenvalue weighted by atomic mass is 32.1. The van der Waals surface area contributed by atoms with E-state index in [-0.39, 0.29) is 11.0 Å². The van der Waals surface area contributed by atoms with Crippen LogP contribution in [0, 0.1) is 0 Å². The second-order valence-electron chi connectivity index (χ2n) is 6.75. The predicted molar refractivity (Wildman–Crippen MR) is 129 cm³/mol. The molecule has 0 bridgehead atoms. The van der Waals surface area contributed by atoms with Gasteiger partial charge in [0.15, 0.2) is 5.11 Å². The summed E-state index contributed by atoms with van der Waals surface area (Å²) in [6, 6.07) is 24.2. The van der Waals surface area contributed by atoms with Gasteiger partial charge in [0, 0.05) is 12.2 Å². The van der Waals surface area contributed by atoms with Crippen LogP contribution in [0.15, 0.2) is 78.9 Å². The van der Waals surface area contributed by atoms with Crippen molar-refractivity contribution in [1.29, 1.82) is 0 Å². The Bertz CT molecular complexity index is 1030. The van der Waals surface area contributed by atoms with Crippen molar-refractivity contribution in [3.63, 3.8) is 0 Å². The fourth-order valence-electron chi connectivity index (χ4n) is 2.85. The van der Waals surface area contributed by atoms with E-state index in [9.17, 15) is 4.79 Å². The fourth-order valence-corrected chi connectivity index (χ4v) is 3.05. The highest BCUT2D eigenvalue weighted by Gasteiger charge is 2.11. The van der Waals surface area contributed by atoms with Crippen molar-refractivity contribution in [2.24, 2.45) is 0 Å². The van der Waals surface area contributed by atoms with Crippen molar-refractivity contribution in [3.8, 4) is 11.5 Å². The highest BCUT2D eigenvalue weighted by Crippen LogP contribution is 2.24. The molecule has 0 spiro atoms. The van der Waals surface area contributed by atoms with Crippen LogP contribution in [0.3, 0.4) is 0 Å². The summed E-state index contributed by atoms with van der Waals surface area (Å²) in [5.41, 5.74) is 2.17. The van der Waals surface area contributed by atoms with Gasteiger partial charge in [0.25, 0.3) is 5.91 Å². The molecule has 1 amide bonds. The third kappa shape index (κ3) is 7.37. The van der Waals surface area contributed by atoms with Crippen molar-refractivity contribution in [2.75, 3.05) is 25.1 Å². The van der Waals surface area contributed by atoms with Gasteiger partial charge in [-0.05, 0) is 55.0 Å². The lowest BCUT2D eigenvalue weighted by Crippen LogP contribution is -2.34. The van der Waals surface area contributed by atoms with Gasteiger partial charge < -0.3 is 19.5 Å². The molecule has 0 aliphatic rings. The third-order valence-corrected chi connectivity index (χ3v) is 4.60. The summed E-state index contributed by atoms with van der Waals surface area (Å²) in [6.07, 6.45) is 0. The molecule has 0 atom stereocenters. The van der Waals surface area contributed by atoms with Crippen LogP contribution in [0.1, 0.15) is 22.8 Å². The molecule has 2 N–H and O–H groups in total. The summed E-state index contributed by atoms with van der Waals surface area (Å²) >= 11 is 5.33. The van der Waals surface area contributed by atoms with E-state index < -0.39 is 0 Å². The second-order valence-corrected chi connectivity index (χ2v) is 7.16. The summed E-state index contributed by atoms with van der Waals surface area (Å²) < 4.78 is 16.8. The van der Waals surface area contributed by atoms with Gasteiger partial charge >= 0.3 is 0 Å². The lowest BCUT2D eigenvalue weighted by atomic mass is 10.2. The Balaban J connectivity index is 1.56. The minimum atomic E-state index is -0.333. The first-order valence-electron chi connectivity index (χ1n) is 10.3. The highest BCUT2D eigenvalue weighted by molar-refractivity contribution is 7.80. The summed E-state index contributed by atoms with van der Waals surface area (Å²) in [6.45, 7) is 3.90. The van der Waals surface area contributed by atoms with Gasteiger partial charge in [-0.3, -0.25) is 10.1 Å². The zero-order valence-corrected chi connectivity index (χ0v) is 18.7. The largest absolute Gasteiger partial charge is 0.491 e. The number of hydrogen-bond donors (Lipinski definition) is 2. The molecule has 0 aliphatic carbocycles. The summed E-state index contributed by atoms with van der Waals surface area (Å²) in [4.78, 5) is 12.6. The Kier molecular flexibility index (Phi) is 9.04. The number of anilines is 1. The SMILES string of the molecule is CCOCCOc1cccc(C(=O)NC(=S)Nc2ccccc2OCc2ccccc2)c1. The number of nitrogens with one attached hydrogen (secondary N) is 2. The third-order valence-electron chi connectivity index (χ3n) is 4.40. The lowest BCUT2D eigenvalue weighted by molar-refractivity contribution is 0.0976. The quantitative estimate of drug-likeness (QED) is 0.341. The summed E-state index contributed by atoms with van der Waals surface area (Å²) in [5, 5.41) is 5.91. The maximum Gasteiger partial charge on any atom is 0.257 e. The molecule has 6 nitrogen and oxygen atoms in total. The normalized spacial score (nSPS) is 10.3. The van der Waals surface area contributed by atoms with Crippen LogP contribution < -0.4 is 20.1 Å². The van der Waals surface area contributed by atoms with Gasteiger partial charge in [-0.25, -0.2) is 0 Å². The second kappa shape index (κ2) is 12.4. The van der Waals surface area contributed by atoms with Gasteiger partial charge in [-0.2, -0.15) is 0 Å². The zero-order chi connectivity index (χ0) is 22.6. The topological polar surface area (TPSA) is 68.8 Å². The van der Waals surface area contributed by atoms with Crippen LogP contribution in [-0.2, 0) is 11.3 Å². The minimum absolute atomic E-state index is 0.174. The van der Waals surface area contributed by atoms with E-state index in [0.29, 0.717) is 49.2 Å². The van der Waals surface area contributed by atoms with Crippen molar-refractivity contribution in [2.45, 2.75) is 13.5 Å². The van der Waals surface area contributed by atoms with Crippen LogP contribution in [0.25, 0.3) is 0 Å². The van der Waals surface area contributed by atoms with Crippen LogP contribution in [-0.4, -0.2) is 30.8 Å². The molecule has 7 heteroatoms. The molecule has 0 heterocycles. The van der Waals surface area contributed by atoms with E-state index in [1.807, 2.05) is 61.5 Å². The first-order chi connectivity index (χ1) is 15.7. The number of carbonyl (C=O) groups excluding carboxylic acids is 1. The number of carbonyl (C=O) groups is 1. The molecule has 0 unspecified atom stereocenters. The molecule has 32 heavy (non-hydrogen) atoms. The van der Waals surface area contributed by atoms with E-state index >= 15 is 0 Å². The molecular formula is C25H26N2O4S. The van der Waals surface area contributed by atoms with Gasteiger partial charge in [0.1, 0.15) is 24.7 Å². The Morgan fingerprint density at radius 3 is 2.50 bits per heavy atom. The van der Waals surface area contributed by atoms with Gasteiger partial charge in [-0.1, -0.05) is 48.5 Å². The average molecular weight is 451 g/mol. The van der Waals surface area contributed by atoms with Gasteiger partial charge in [0.2, 0.25) is 0 Å². The predicted octanol–water partition coefficient (Wildman–Crippen LogP) is 4.81. The standard InChI is InChI=1S/C25H26N2O4S/c1-2-29-15-16-30-21-12-8-11-20(17-21)24(28)27-25(32)26-22-13-6-7-14-23(22)31-18-19-9-4-3-5-10-19/h3-14,17H,2,15-16,18H2,1H3,(H2,26,27,28,32). The van der Waals surface area contributed by atoms with E-state index in [2.05, 4.69) is 10.6 Å². The van der Waals surface area contributed by atoms with Crippen LogP contribution in [0.5, 0.6) is 11.5 Å². The molecule has 0 saturated carbocycles. The molecular weight excluding hydrogens is 424 g/mol. The fraction of sp³-hybridized carbons (Fsp3) is 0.200.